The number of nitrogens with zero attached hydrogens (tertiary/aromatic N) is 4. The molecule has 0 unspecified atom stereocenters. The second kappa shape index (κ2) is 6.28. The summed E-state index contributed by atoms with van der Waals surface area (Å²) in [5, 5.41) is 0. The summed E-state index contributed by atoms with van der Waals surface area (Å²) in [5.74, 6) is 1.94. The van der Waals surface area contributed by atoms with E-state index in [1.165, 1.54) is 0 Å². The van der Waals surface area contributed by atoms with Gasteiger partial charge in [0.15, 0.2) is 0 Å². The highest BCUT2D eigenvalue weighted by Gasteiger charge is 2.23. The van der Waals surface area contributed by atoms with Gasteiger partial charge in [0.05, 0.1) is 6.54 Å². The van der Waals surface area contributed by atoms with E-state index in [1.54, 1.807) is 19.0 Å². The first-order valence-electron chi connectivity index (χ1n) is 7.17. The second-order valence-corrected chi connectivity index (χ2v) is 6.43. The van der Waals surface area contributed by atoms with E-state index < -0.39 is 0 Å². The van der Waals surface area contributed by atoms with E-state index in [-0.39, 0.29) is 17.9 Å². The van der Waals surface area contributed by atoms with Crippen molar-refractivity contribution in [1.82, 2.24) is 14.9 Å². The van der Waals surface area contributed by atoms with Gasteiger partial charge in [0.25, 0.3) is 0 Å². The van der Waals surface area contributed by atoms with Crippen LogP contribution >= 0.6 is 0 Å². The van der Waals surface area contributed by atoms with E-state index in [9.17, 15) is 4.79 Å². The molecule has 6 nitrogen and oxygen atoms in total. The molecular formula is C15H27N5O. The molecule has 1 amide bonds. The fraction of sp³-hybridized carbons (Fsp3) is 0.667. The lowest BCUT2D eigenvalue weighted by atomic mass is 9.95. The maximum absolute atomic E-state index is 12.0. The number of nitrogen functional groups attached to an aromatic ring is 1. The topological polar surface area (TPSA) is 75.4 Å². The number of carbonyl (C=O) groups excluding carboxylic acids is 1. The van der Waals surface area contributed by atoms with Crippen LogP contribution in [-0.2, 0) is 10.2 Å². The summed E-state index contributed by atoms with van der Waals surface area (Å²) in [5.41, 5.74) is 6.65. The van der Waals surface area contributed by atoms with Crippen LogP contribution in [0.2, 0.25) is 0 Å². The highest BCUT2D eigenvalue weighted by Crippen LogP contribution is 2.26. The van der Waals surface area contributed by atoms with Gasteiger partial charge in [-0.05, 0) is 13.8 Å². The number of likely N-dealkylation sites (N-methyl/N-ethyl adjacent to an activating group) is 2. The van der Waals surface area contributed by atoms with Gasteiger partial charge < -0.3 is 15.5 Å². The van der Waals surface area contributed by atoms with Gasteiger partial charge in [-0.15, -0.1) is 0 Å². The maximum Gasteiger partial charge on any atom is 0.241 e. The summed E-state index contributed by atoms with van der Waals surface area (Å²) in [6.07, 6.45) is 0. The van der Waals surface area contributed by atoms with Gasteiger partial charge in [0.2, 0.25) is 5.91 Å². The van der Waals surface area contributed by atoms with Crippen LogP contribution in [0.4, 0.5) is 11.6 Å². The minimum absolute atomic E-state index is 0.0331. The Morgan fingerprint density at radius 2 is 1.81 bits per heavy atom. The third-order valence-electron chi connectivity index (χ3n) is 3.33. The van der Waals surface area contributed by atoms with Gasteiger partial charge >= 0.3 is 0 Å². The number of aromatic nitrogens is 2. The number of carbonyl (C=O) groups is 1. The lowest BCUT2D eigenvalue weighted by Gasteiger charge is -2.27. The normalized spacial score (nSPS) is 11.4. The molecule has 0 aliphatic heterocycles. The molecule has 0 aliphatic carbocycles. The first-order valence-corrected chi connectivity index (χ1v) is 7.17. The summed E-state index contributed by atoms with van der Waals surface area (Å²) in [7, 11) is 3.50. The van der Waals surface area contributed by atoms with Crippen molar-refractivity contribution >= 4 is 17.5 Å². The average Bonchev–Trinajstić information content (AvgIpc) is 2.37. The van der Waals surface area contributed by atoms with Gasteiger partial charge in [-0.25, -0.2) is 9.97 Å². The highest BCUT2D eigenvalue weighted by molar-refractivity contribution is 5.81. The molecule has 0 aliphatic rings. The van der Waals surface area contributed by atoms with Crippen molar-refractivity contribution in [3.05, 3.63) is 11.4 Å². The average molecular weight is 293 g/mol. The molecule has 0 atom stereocenters. The molecule has 0 radical (unpaired) electrons. The van der Waals surface area contributed by atoms with E-state index in [0.717, 1.165) is 11.4 Å². The highest BCUT2D eigenvalue weighted by atomic mass is 16.2. The lowest BCUT2D eigenvalue weighted by molar-refractivity contribution is -0.127. The maximum atomic E-state index is 12.0. The van der Waals surface area contributed by atoms with Crippen molar-refractivity contribution in [2.45, 2.75) is 40.0 Å². The molecule has 1 aromatic heterocycles. The van der Waals surface area contributed by atoms with Crippen LogP contribution < -0.4 is 10.6 Å². The second-order valence-electron chi connectivity index (χ2n) is 6.43. The van der Waals surface area contributed by atoms with Crippen molar-refractivity contribution < 1.29 is 4.79 Å². The van der Waals surface area contributed by atoms with E-state index in [0.29, 0.717) is 18.2 Å². The summed E-state index contributed by atoms with van der Waals surface area (Å²) in [6, 6.07) is 0. The largest absolute Gasteiger partial charge is 0.383 e. The van der Waals surface area contributed by atoms with Crippen molar-refractivity contribution in [2.24, 2.45) is 0 Å². The van der Waals surface area contributed by atoms with Gasteiger partial charge in [-0.1, -0.05) is 20.8 Å². The fourth-order valence-electron chi connectivity index (χ4n) is 1.81. The Morgan fingerprint density at radius 3 is 2.24 bits per heavy atom. The van der Waals surface area contributed by atoms with Gasteiger partial charge in [0.1, 0.15) is 17.5 Å². The first kappa shape index (κ1) is 17.2. The van der Waals surface area contributed by atoms with Crippen LogP contribution in [0.25, 0.3) is 0 Å². The van der Waals surface area contributed by atoms with Crippen molar-refractivity contribution in [3.8, 4) is 0 Å². The monoisotopic (exact) mass is 293 g/mol. The number of anilines is 2. The number of rotatable bonds is 4. The van der Waals surface area contributed by atoms with Crippen LogP contribution in [0, 0.1) is 6.92 Å². The molecule has 1 heterocycles. The zero-order valence-corrected chi connectivity index (χ0v) is 14.2. The molecule has 0 bridgehead atoms. The Morgan fingerprint density at radius 1 is 1.24 bits per heavy atom. The minimum Gasteiger partial charge on any atom is -0.383 e. The van der Waals surface area contributed by atoms with Crippen molar-refractivity contribution in [2.75, 3.05) is 37.8 Å². The molecule has 6 heteroatoms. The van der Waals surface area contributed by atoms with E-state index in [2.05, 4.69) is 9.97 Å². The lowest BCUT2D eigenvalue weighted by Crippen LogP contribution is -2.38. The first-order chi connectivity index (χ1) is 9.57. The third-order valence-corrected chi connectivity index (χ3v) is 3.33. The molecule has 0 aromatic carbocycles. The molecule has 0 saturated heterocycles. The SMILES string of the molecule is CCN(CC(=O)N(C)C)c1nc(C(C)(C)C)nc(N)c1C. The smallest absolute Gasteiger partial charge is 0.241 e. The van der Waals surface area contributed by atoms with Gasteiger partial charge in [-0.3, -0.25) is 4.79 Å². The Labute approximate surface area is 127 Å². The molecular weight excluding hydrogens is 266 g/mol. The van der Waals surface area contributed by atoms with Crippen LogP contribution in [-0.4, -0.2) is 48.0 Å². The van der Waals surface area contributed by atoms with Crippen LogP contribution in [0.1, 0.15) is 39.1 Å². The summed E-state index contributed by atoms with van der Waals surface area (Å²) in [4.78, 5) is 24.5. The Kier molecular flexibility index (Phi) is 5.15. The number of hydrogen-bond acceptors (Lipinski definition) is 5. The van der Waals surface area contributed by atoms with Gasteiger partial charge in [-0.2, -0.15) is 0 Å². The van der Waals surface area contributed by atoms with Crippen molar-refractivity contribution in [3.63, 3.8) is 0 Å². The molecule has 2 N–H and O–H groups in total. The summed E-state index contributed by atoms with van der Waals surface area (Å²) >= 11 is 0. The summed E-state index contributed by atoms with van der Waals surface area (Å²) < 4.78 is 0. The molecule has 1 aromatic rings. The van der Waals surface area contributed by atoms with Crippen LogP contribution in [0.5, 0.6) is 0 Å². The zero-order valence-electron chi connectivity index (χ0n) is 14.2. The molecule has 0 spiro atoms. The predicted octanol–water partition coefficient (Wildman–Crippen LogP) is 1.58. The summed E-state index contributed by atoms with van der Waals surface area (Å²) in [6.45, 7) is 11.0. The Balaban J connectivity index is 3.26. The Bertz CT molecular complexity index is 520. The van der Waals surface area contributed by atoms with E-state index in [1.807, 2.05) is 39.5 Å². The minimum atomic E-state index is -0.193. The molecule has 21 heavy (non-hydrogen) atoms. The third kappa shape index (κ3) is 4.06. The molecule has 118 valence electrons. The van der Waals surface area contributed by atoms with E-state index >= 15 is 0 Å². The zero-order chi connectivity index (χ0) is 16.4. The fourth-order valence-corrected chi connectivity index (χ4v) is 1.81. The van der Waals surface area contributed by atoms with Crippen molar-refractivity contribution in [1.29, 1.82) is 0 Å². The predicted molar refractivity (Wildman–Crippen MR) is 86.5 cm³/mol. The number of hydrogen-bond donors (Lipinski definition) is 1. The standard InChI is InChI=1S/C15H27N5O/c1-8-20(9-11(21)19(6)7)13-10(2)12(16)17-14(18-13)15(3,4)5/h8-9H2,1-7H3,(H2,16,17,18). The van der Waals surface area contributed by atoms with Crippen LogP contribution in [0.15, 0.2) is 0 Å². The number of nitrogens with two attached hydrogens (primary N) is 1. The Hall–Kier alpha value is -1.85. The molecule has 1 rings (SSSR count). The van der Waals surface area contributed by atoms with Gasteiger partial charge in [0, 0.05) is 31.6 Å². The quantitative estimate of drug-likeness (QED) is 0.912. The van der Waals surface area contributed by atoms with E-state index in [4.69, 9.17) is 5.73 Å². The molecule has 0 fully saturated rings. The number of amides is 1. The molecule has 0 saturated carbocycles. The van der Waals surface area contributed by atoms with Crippen LogP contribution in [0.3, 0.4) is 0 Å².